The van der Waals surface area contributed by atoms with E-state index in [4.69, 9.17) is 5.11 Å². The summed E-state index contributed by atoms with van der Waals surface area (Å²) in [5, 5.41) is 12.3. The molecule has 0 aromatic carbocycles. The highest BCUT2D eigenvalue weighted by molar-refractivity contribution is 7.09. The molecular formula is C13H20N2O2S. The summed E-state index contributed by atoms with van der Waals surface area (Å²) in [4.78, 5) is 17.7. The molecule has 1 fully saturated rings. The molecule has 0 unspecified atom stereocenters. The van der Waals surface area contributed by atoms with E-state index < -0.39 is 5.97 Å². The summed E-state index contributed by atoms with van der Waals surface area (Å²) < 4.78 is 0. The van der Waals surface area contributed by atoms with Gasteiger partial charge in [0.15, 0.2) is 0 Å². The molecular weight excluding hydrogens is 248 g/mol. The van der Waals surface area contributed by atoms with Gasteiger partial charge in [-0.25, -0.2) is 4.98 Å². The molecule has 0 radical (unpaired) electrons. The quantitative estimate of drug-likeness (QED) is 0.915. The molecule has 18 heavy (non-hydrogen) atoms. The van der Waals surface area contributed by atoms with Gasteiger partial charge in [-0.05, 0) is 19.4 Å². The van der Waals surface area contributed by atoms with E-state index in [2.05, 4.69) is 31.1 Å². The van der Waals surface area contributed by atoms with Crippen molar-refractivity contribution in [1.82, 2.24) is 9.88 Å². The van der Waals surface area contributed by atoms with Crippen LogP contribution in [0.1, 0.15) is 44.3 Å². The Kier molecular flexibility index (Phi) is 3.73. The number of nitrogens with zero attached hydrogens (tertiary/aromatic N) is 2. The van der Waals surface area contributed by atoms with Crippen LogP contribution in [-0.4, -0.2) is 33.5 Å². The van der Waals surface area contributed by atoms with Crippen molar-refractivity contribution in [3.05, 3.63) is 16.1 Å². The van der Waals surface area contributed by atoms with Gasteiger partial charge in [-0.3, -0.25) is 9.69 Å². The summed E-state index contributed by atoms with van der Waals surface area (Å²) in [6.45, 7) is 7.95. The van der Waals surface area contributed by atoms with Gasteiger partial charge < -0.3 is 5.11 Å². The molecule has 0 amide bonds. The lowest BCUT2D eigenvalue weighted by Crippen LogP contribution is -2.35. The predicted octanol–water partition coefficient (Wildman–Crippen LogP) is 2.49. The largest absolute Gasteiger partial charge is 0.480 e. The van der Waals surface area contributed by atoms with Gasteiger partial charge in [0, 0.05) is 17.3 Å². The molecule has 1 saturated heterocycles. The zero-order valence-corrected chi connectivity index (χ0v) is 12.0. The Labute approximate surface area is 112 Å². The van der Waals surface area contributed by atoms with Crippen molar-refractivity contribution in [1.29, 1.82) is 0 Å². The molecule has 1 aromatic heterocycles. The average molecular weight is 268 g/mol. The van der Waals surface area contributed by atoms with Crippen LogP contribution in [0.25, 0.3) is 0 Å². The predicted molar refractivity (Wildman–Crippen MR) is 71.9 cm³/mol. The Balaban J connectivity index is 2.05. The molecule has 1 N–H and O–H groups in total. The Bertz CT molecular complexity index is 436. The first-order valence-electron chi connectivity index (χ1n) is 6.29. The molecule has 5 heteroatoms. The van der Waals surface area contributed by atoms with E-state index in [-0.39, 0.29) is 11.5 Å². The van der Waals surface area contributed by atoms with E-state index in [1.165, 1.54) is 0 Å². The first-order chi connectivity index (χ1) is 8.38. The van der Waals surface area contributed by atoms with Crippen molar-refractivity contribution < 1.29 is 9.90 Å². The molecule has 2 rings (SSSR count). The number of aliphatic carboxylic acids is 1. The normalized spacial score (nSPS) is 21.4. The van der Waals surface area contributed by atoms with Gasteiger partial charge in [0.05, 0.1) is 10.7 Å². The van der Waals surface area contributed by atoms with E-state index in [0.29, 0.717) is 6.54 Å². The van der Waals surface area contributed by atoms with E-state index in [9.17, 15) is 4.79 Å². The van der Waals surface area contributed by atoms with Gasteiger partial charge in [-0.15, -0.1) is 11.3 Å². The topological polar surface area (TPSA) is 53.4 Å². The molecule has 0 aliphatic carbocycles. The van der Waals surface area contributed by atoms with Gasteiger partial charge in [-0.1, -0.05) is 20.8 Å². The van der Waals surface area contributed by atoms with Crippen LogP contribution >= 0.6 is 11.3 Å². The number of rotatable bonds is 3. The van der Waals surface area contributed by atoms with Gasteiger partial charge in [0.2, 0.25) is 0 Å². The Morgan fingerprint density at radius 3 is 2.89 bits per heavy atom. The van der Waals surface area contributed by atoms with Crippen molar-refractivity contribution in [2.75, 3.05) is 6.54 Å². The Morgan fingerprint density at radius 2 is 2.33 bits per heavy atom. The number of aromatic nitrogens is 1. The second-order valence-corrected chi connectivity index (χ2v) is 6.72. The molecule has 100 valence electrons. The number of hydrogen-bond donors (Lipinski definition) is 1. The van der Waals surface area contributed by atoms with Crippen LogP contribution in [0.2, 0.25) is 0 Å². The Hall–Kier alpha value is -0.940. The maximum atomic E-state index is 11.1. The second kappa shape index (κ2) is 4.97. The summed E-state index contributed by atoms with van der Waals surface area (Å²) in [7, 11) is 0. The van der Waals surface area contributed by atoms with Crippen molar-refractivity contribution in [3.63, 3.8) is 0 Å². The number of hydrogen-bond acceptors (Lipinski definition) is 4. The number of carboxylic acid groups (broad SMARTS) is 1. The molecule has 4 nitrogen and oxygen atoms in total. The maximum Gasteiger partial charge on any atom is 0.320 e. The fourth-order valence-corrected chi connectivity index (χ4v) is 3.13. The van der Waals surface area contributed by atoms with E-state index in [1.54, 1.807) is 11.3 Å². The monoisotopic (exact) mass is 268 g/mol. The molecule has 1 aromatic rings. The first-order valence-corrected chi connectivity index (χ1v) is 7.17. The zero-order chi connectivity index (χ0) is 13.3. The molecule has 0 spiro atoms. The minimum Gasteiger partial charge on any atom is -0.480 e. The average Bonchev–Trinajstić information content (AvgIpc) is 2.85. The van der Waals surface area contributed by atoms with Crippen molar-refractivity contribution in [2.24, 2.45) is 0 Å². The minimum atomic E-state index is -0.709. The molecule has 1 aliphatic rings. The van der Waals surface area contributed by atoms with Crippen LogP contribution in [0.5, 0.6) is 0 Å². The van der Waals surface area contributed by atoms with Gasteiger partial charge in [0.1, 0.15) is 6.04 Å². The third-order valence-electron chi connectivity index (χ3n) is 3.21. The highest BCUT2D eigenvalue weighted by Crippen LogP contribution is 2.27. The number of likely N-dealkylation sites (tertiary alicyclic amines) is 1. The van der Waals surface area contributed by atoms with Crippen LogP contribution in [0.3, 0.4) is 0 Å². The van der Waals surface area contributed by atoms with Gasteiger partial charge >= 0.3 is 5.97 Å². The summed E-state index contributed by atoms with van der Waals surface area (Å²) in [5.41, 5.74) is 1.07. The number of carbonyl (C=O) groups is 1. The van der Waals surface area contributed by atoms with Crippen LogP contribution < -0.4 is 0 Å². The smallest absolute Gasteiger partial charge is 0.320 e. The van der Waals surface area contributed by atoms with E-state index in [0.717, 1.165) is 30.1 Å². The lowest BCUT2D eigenvalue weighted by atomic mass is 9.98. The third-order valence-corrected chi connectivity index (χ3v) is 4.52. The lowest BCUT2D eigenvalue weighted by Gasteiger charge is -2.19. The molecule has 2 heterocycles. The molecule has 1 atom stereocenters. The van der Waals surface area contributed by atoms with Gasteiger partial charge in [0.25, 0.3) is 0 Å². The molecule has 0 bridgehead atoms. The second-order valence-electron chi connectivity index (χ2n) is 5.86. The lowest BCUT2D eigenvalue weighted by molar-refractivity contribution is -0.142. The summed E-state index contributed by atoms with van der Waals surface area (Å²) in [6, 6.07) is -0.329. The minimum absolute atomic E-state index is 0.0696. The maximum absolute atomic E-state index is 11.1. The fourth-order valence-electron chi connectivity index (χ4n) is 2.23. The highest BCUT2D eigenvalue weighted by atomic mass is 32.1. The number of thiazole rings is 1. The SMILES string of the molecule is CC(C)(C)c1nc(CN2CCC[C@H]2C(=O)O)cs1. The summed E-state index contributed by atoms with van der Waals surface area (Å²) in [6.07, 6.45) is 1.72. The van der Waals surface area contributed by atoms with Crippen LogP contribution in [0.4, 0.5) is 0 Å². The van der Waals surface area contributed by atoms with Crippen molar-refractivity contribution in [3.8, 4) is 0 Å². The summed E-state index contributed by atoms with van der Waals surface area (Å²) in [5.74, 6) is -0.709. The number of carboxylic acids is 1. The standard InChI is InChI=1S/C13H20N2O2S/c1-13(2,3)12-14-9(8-18-12)7-15-6-4-5-10(15)11(16)17/h8,10H,4-7H2,1-3H3,(H,16,17)/t10-/m0/s1. The van der Waals surface area contributed by atoms with Crippen molar-refractivity contribution >= 4 is 17.3 Å². The summed E-state index contributed by atoms with van der Waals surface area (Å²) >= 11 is 1.66. The third kappa shape index (κ3) is 2.90. The Morgan fingerprint density at radius 1 is 1.61 bits per heavy atom. The zero-order valence-electron chi connectivity index (χ0n) is 11.1. The fraction of sp³-hybridized carbons (Fsp3) is 0.692. The van der Waals surface area contributed by atoms with Crippen LogP contribution in [-0.2, 0) is 16.8 Å². The van der Waals surface area contributed by atoms with E-state index in [1.807, 2.05) is 4.90 Å². The van der Waals surface area contributed by atoms with E-state index >= 15 is 0 Å². The van der Waals surface area contributed by atoms with Crippen molar-refractivity contribution in [2.45, 2.75) is 51.6 Å². The highest BCUT2D eigenvalue weighted by Gasteiger charge is 2.31. The van der Waals surface area contributed by atoms with Crippen LogP contribution in [0.15, 0.2) is 5.38 Å². The van der Waals surface area contributed by atoms with Crippen LogP contribution in [0, 0.1) is 0 Å². The van der Waals surface area contributed by atoms with Gasteiger partial charge in [-0.2, -0.15) is 0 Å². The molecule has 0 saturated carbocycles. The molecule has 1 aliphatic heterocycles. The first kappa shape index (κ1) is 13.5.